The molecule has 110 valence electrons. The van der Waals surface area contributed by atoms with Gasteiger partial charge in [0.2, 0.25) is 0 Å². The molecule has 1 aliphatic carbocycles. The summed E-state index contributed by atoms with van der Waals surface area (Å²) in [5, 5.41) is 0. The number of hydrogen-bond acceptors (Lipinski definition) is 2. The van der Waals surface area contributed by atoms with Gasteiger partial charge in [-0.15, -0.1) is 0 Å². The van der Waals surface area contributed by atoms with E-state index < -0.39 is 0 Å². The Kier molecular flexibility index (Phi) is 5.57. The molecule has 0 N–H and O–H groups in total. The van der Waals surface area contributed by atoms with E-state index in [0.29, 0.717) is 36.2 Å². The Hall–Kier alpha value is -1.38. The second kappa shape index (κ2) is 7.41. The minimum Gasteiger partial charge on any atom is -0.490 e. The molecule has 0 unspecified atom stereocenters. The summed E-state index contributed by atoms with van der Waals surface area (Å²) in [7, 11) is 0. The molecule has 2 nitrogen and oxygen atoms in total. The van der Waals surface area contributed by atoms with Crippen LogP contribution in [-0.2, 0) is 4.79 Å². The smallest absolute Gasteiger partial charge is 0.167 e. The van der Waals surface area contributed by atoms with Crippen molar-refractivity contribution in [3.8, 4) is 5.75 Å². The molecule has 0 saturated heterocycles. The highest BCUT2D eigenvalue weighted by atomic mass is 19.1. The number of rotatable bonds is 6. The Balaban J connectivity index is 1.76. The maximum Gasteiger partial charge on any atom is 0.167 e. The molecular formula is C17H23FO2. The zero-order valence-corrected chi connectivity index (χ0v) is 12.1. The summed E-state index contributed by atoms with van der Waals surface area (Å²) in [6, 6.07) is 5.27. The van der Waals surface area contributed by atoms with E-state index in [0.717, 1.165) is 38.4 Å². The second-order valence-electron chi connectivity index (χ2n) is 5.83. The summed E-state index contributed by atoms with van der Waals surface area (Å²) in [5.41, 5.74) is 0.625. The van der Waals surface area contributed by atoms with Crippen molar-refractivity contribution in [3.63, 3.8) is 0 Å². The van der Waals surface area contributed by atoms with E-state index in [1.807, 2.05) is 6.07 Å². The molecule has 0 aliphatic heterocycles. The normalized spacial score (nSPS) is 22.5. The van der Waals surface area contributed by atoms with Gasteiger partial charge in [-0.1, -0.05) is 25.0 Å². The number of carbonyl (C=O) groups is 1. The number of aldehydes is 1. The maximum atomic E-state index is 13.8. The Labute approximate surface area is 120 Å². The molecule has 3 heteroatoms. The standard InChI is InChI=1S/C17H23FO2/c1-13-4-2-6-16(17(13)18)20-12-15-9-7-14(8-10-15)5-3-11-19/h2,4,6,11,14-15H,3,5,7-10,12H2,1H3. The molecule has 0 amide bonds. The lowest BCUT2D eigenvalue weighted by Crippen LogP contribution is -2.20. The van der Waals surface area contributed by atoms with Crippen LogP contribution in [0.25, 0.3) is 0 Å². The first kappa shape index (κ1) is 15.0. The molecule has 1 fully saturated rings. The predicted molar refractivity (Wildman–Crippen MR) is 77.4 cm³/mol. The predicted octanol–water partition coefficient (Wildman–Crippen LogP) is 4.30. The number of benzene rings is 1. The summed E-state index contributed by atoms with van der Waals surface area (Å²) < 4.78 is 19.4. The second-order valence-corrected chi connectivity index (χ2v) is 5.83. The number of aryl methyl sites for hydroxylation is 1. The van der Waals surface area contributed by atoms with Crippen molar-refractivity contribution in [2.75, 3.05) is 6.61 Å². The van der Waals surface area contributed by atoms with Crippen LogP contribution in [0.5, 0.6) is 5.75 Å². The van der Waals surface area contributed by atoms with Gasteiger partial charge in [-0.3, -0.25) is 0 Å². The van der Waals surface area contributed by atoms with E-state index in [1.165, 1.54) is 0 Å². The minimum atomic E-state index is -0.243. The zero-order chi connectivity index (χ0) is 14.4. The van der Waals surface area contributed by atoms with E-state index >= 15 is 0 Å². The van der Waals surface area contributed by atoms with E-state index in [1.54, 1.807) is 19.1 Å². The van der Waals surface area contributed by atoms with Crippen molar-refractivity contribution in [2.24, 2.45) is 11.8 Å². The highest BCUT2D eigenvalue weighted by molar-refractivity contribution is 5.49. The van der Waals surface area contributed by atoms with Crippen LogP contribution in [0.1, 0.15) is 44.1 Å². The molecule has 1 aromatic carbocycles. The van der Waals surface area contributed by atoms with Crippen molar-refractivity contribution >= 4 is 6.29 Å². The molecule has 0 radical (unpaired) electrons. The molecule has 0 atom stereocenters. The van der Waals surface area contributed by atoms with E-state index in [9.17, 15) is 9.18 Å². The van der Waals surface area contributed by atoms with Crippen LogP contribution in [0.3, 0.4) is 0 Å². The third-order valence-corrected chi connectivity index (χ3v) is 4.29. The van der Waals surface area contributed by atoms with Crippen LogP contribution in [0.2, 0.25) is 0 Å². The van der Waals surface area contributed by atoms with Gasteiger partial charge in [0.1, 0.15) is 6.29 Å². The van der Waals surface area contributed by atoms with Gasteiger partial charge in [0.05, 0.1) is 6.61 Å². The fourth-order valence-corrected chi connectivity index (χ4v) is 2.93. The van der Waals surface area contributed by atoms with Crippen molar-refractivity contribution in [1.29, 1.82) is 0 Å². The van der Waals surface area contributed by atoms with E-state index in [4.69, 9.17) is 4.74 Å². The van der Waals surface area contributed by atoms with Crippen LogP contribution < -0.4 is 4.74 Å². The molecular weight excluding hydrogens is 255 g/mol. The number of halogens is 1. The highest BCUT2D eigenvalue weighted by Crippen LogP contribution is 2.32. The first-order valence-corrected chi connectivity index (χ1v) is 7.52. The molecule has 1 saturated carbocycles. The summed E-state index contributed by atoms with van der Waals surface area (Å²) in [5.74, 6) is 1.33. The molecule has 1 aliphatic rings. The Morgan fingerprint density at radius 1 is 1.25 bits per heavy atom. The van der Waals surface area contributed by atoms with Crippen LogP contribution in [0, 0.1) is 24.6 Å². The number of hydrogen-bond donors (Lipinski definition) is 0. The van der Waals surface area contributed by atoms with Crippen LogP contribution >= 0.6 is 0 Å². The summed E-state index contributed by atoms with van der Waals surface area (Å²) >= 11 is 0. The zero-order valence-electron chi connectivity index (χ0n) is 12.1. The largest absolute Gasteiger partial charge is 0.490 e. The monoisotopic (exact) mass is 278 g/mol. The summed E-state index contributed by atoms with van der Waals surface area (Å²) in [4.78, 5) is 10.4. The topological polar surface area (TPSA) is 26.3 Å². The SMILES string of the molecule is Cc1cccc(OCC2CCC(CCC=O)CC2)c1F. The average molecular weight is 278 g/mol. The quantitative estimate of drug-likeness (QED) is 0.725. The molecule has 0 heterocycles. The summed E-state index contributed by atoms with van der Waals surface area (Å²) in [6.45, 7) is 2.35. The Bertz CT molecular complexity index is 437. The molecule has 0 spiro atoms. The fourth-order valence-electron chi connectivity index (χ4n) is 2.93. The lowest BCUT2D eigenvalue weighted by Gasteiger charge is -2.28. The van der Waals surface area contributed by atoms with Crippen molar-refractivity contribution in [1.82, 2.24) is 0 Å². The van der Waals surface area contributed by atoms with Crippen LogP contribution in [0.4, 0.5) is 4.39 Å². The van der Waals surface area contributed by atoms with Gasteiger partial charge in [0.25, 0.3) is 0 Å². The molecule has 2 rings (SSSR count). The van der Waals surface area contributed by atoms with Gasteiger partial charge in [-0.05, 0) is 49.7 Å². The molecule has 0 bridgehead atoms. The van der Waals surface area contributed by atoms with Gasteiger partial charge in [0, 0.05) is 6.42 Å². The van der Waals surface area contributed by atoms with Gasteiger partial charge >= 0.3 is 0 Å². The first-order chi connectivity index (χ1) is 9.70. The first-order valence-electron chi connectivity index (χ1n) is 7.52. The van der Waals surface area contributed by atoms with Crippen molar-refractivity contribution in [2.45, 2.75) is 45.4 Å². The maximum absolute atomic E-state index is 13.8. The van der Waals surface area contributed by atoms with Gasteiger partial charge in [0.15, 0.2) is 11.6 Å². The summed E-state index contributed by atoms with van der Waals surface area (Å²) in [6.07, 6.45) is 7.28. The third kappa shape index (κ3) is 4.06. The molecule has 1 aromatic rings. The Morgan fingerprint density at radius 2 is 1.95 bits per heavy atom. The van der Waals surface area contributed by atoms with E-state index in [2.05, 4.69) is 0 Å². The lowest BCUT2D eigenvalue weighted by atomic mass is 9.80. The highest BCUT2D eigenvalue weighted by Gasteiger charge is 2.21. The van der Waals surface area contributed by atoms with Gasteiger partial charge in [-0.25, -0.2) is 4.39 Å². The minimum absolute atomic E-state index is 0.243. The number of ether oxygens (including phenoxy) is 1. The average Bonchev–Trinajstić information content (AvgIpc) is 2.48. The number of carbonyl (C=O) groups excluding carboxylic acids is 1. The lowest BCUT2D eigenvalue weighted by molar-refractivity contribution is -0.108. The van der Waals surface area contributed by atoms with Gasteiger partial charge < -0.3 is 9.53 Å². The van der Waals surface area contributed by atoms with Crippen LogP contribution in [0.15, 0.2) is 18.2 Å². The van der Waals surface area contributed by atoms with Crippen molar-refractivity contribution in [3.05, 3.63) is 29.6 Å². The van der Waals surface area contributed by atoms with Crippen molar-refractivity contribution < 1.29 is 13.9 Å². The third-order valence-electron chi connectivity index (χ3n) is 4.29. The fraction of sp³-hybridized carbons (Fsp3) is 0.588. The van der Waals surface area contributed by atoms with Crippen LogP contribution in [-0.4, -0.2) is 12.9 Å². The van der Waals surface area contributed by atoms with E-state index in [-0.39, 0.29) is 5.82 Å². The van der Waals surface area contributed by atoms with Gasteiger partial charge in [-0.2, -0.15) is 0 Å². The molecule has 20 heavy (non-hydrogen) atoms. The molecule has 0 aromatic heterocycles. The Morgan fingerprint density at radius 3 is 2.65 bits per heavy atom.